The van der Waals surface area contributed by atoms with Crippen LogP contribution in [0.5, 0.6) is 0 Å². The number of aromatic nitrogens is 3. The monoisotopic (exact) mass is 459 g/mol. The fourth-order valence-corrected chi connectivity index (χ4v) is 5.38. The summed E-state index contributed by atoms with van der Waals surface area (Å²) in [5, 5.41) is 7.85. The van der Waals surface area contributed by atoms with E-state index in [2.05, 4.69) is 34.7 Å². The molecule has 1 atom stereocenters. The Hall–Kier alpha value is -3.16. The average Bonchev–Trinajstić information content (AvgIpc) is 3.31. The van der Waals surface area contributed by atoms with Crippen LogP contribution in [0, 0.1) is 5.82 Å². The predicted octanol–water partition coefficient (Wildman–Crippen LogP) is 6.05. The quantitative estimate of drug-likeness (QED) is 0.368. The molecule has 7 heteroatoms. The van der Waals surface area contributed by atoms with Crippen molar-refractivity contribution in [2.45, 2.75) is 31.7 Å². The van der Waals surface area contributed by atoms with Crippen LogP contribution in [0.25, 0.3) is 21.8 Å². The van der Waals surface area contributed by atoms with Crippen LogP contribution >= 0.6 is 11.3 Å². The van der Waals surface area contributed by atoms with Crippen molar-refractivity contribution < 1.29 is 4.39 Å². The van der Waals surface area contributed by atoms with E-state index in [-0.39, 0.29) is 11.9 Å². The fraction of sp³-hybridized carbons (Fsp3) is 0.269. The lowest BCUT2D eigenvalue weighted by molar-refractivity contribution is 0.459. The molecule has 2 aromatic carbocycles. The minimum absolute atomic E-state index is 0.0549. The Bertz CT molecular complexity index is 1220. The molecule has 0 radical (unpaired) electrons. The lowest BCUT2D eigenvalue weighted by atomic mass is 9.99. The highest BCUT2D eigenvalue weighted by Gasteiger charge is 2.24. The second-order valence-corrected chi connectivity index (χ2v) is 9.31. The van der Waals surface area contributed by atoms with Crippen LogP contribution in [-0.4, -0.2) is 28.0 Å². The van der Waals surface area contributed by atoms with E-state index in [1.165, 1.54) is 6.07 Å². The molecule has 1 saturated heterocycles. The van der Waals surface area contributed by atoms with Gasteiger partial charge >= 0.3 is 0 Å². The first-order valence-corrected chi connectivity index (χ1v) is 12.1. The zero-order valence-electron chi connectivity index (χ0n) is 18.5. The van der Waals surface area contributed by atoms with Gasteiger partial charge in [0.1, 0.15) is 5.82 Å². The number of hydrogen-bond donors (Lipinski definition) is 2. The molecule has 5 rings (SSSR count). The van der Waals surface area contributed by atoms with Gasteiger partial charge in [0.25, 0.3) is 0 Å². The van der Waals surface area contributed by atoms with Crippen LogP contribution in [0.15, 0.2) is 66.9 Å². The van der Waals surface area contributed by atoms with Gasteiger partial charge in [-0.1, -0.05) is 42.5 Å². The normalized spacial score (nSPS) is 15.3. The summed E-state index contributed by atoms with van der Waals surface area (Å²) in [6.45, 7) is 4.04. The van der Waals surface area contributed by atoms with Gasteiger partial charge in [0, 0.05) is 17.7 Å². The Morgan fingerprint density at radius 1 is 1.00 bits per heavy atom. The summed E-state index contributed by atoms with van der Waals surface area (Å²) in [6, 6.07) is 18.9. The van der Waals surface area contributed by atoms with Crippen LogP contribution in [0.3, 0.4) is 0 Å². The molecule has 3 heterocycles. The number of halogens is 1. The second-order valence-electron chi connectivity index (χ2n) is 8.28. The molecular weight excluding hydrogens is 433 g/mol. The molecule has 0 bridgehead atoms. The summed E-state index contributed by atoms with van der Waals surface area (Å²) in [7, 11) is 0. The number of hydrogen-bond acceptors (Lipinski definition) is 6. The molecule has 4 aromatic rings. The highest BCUT2D eigenvalue weighted by Crippen LogP contribution is 2.41. The van der Waals surface area contributed by atoms with Crippen molar-refractivity contribution in [3.63, 3.8) is 0 Å². The van der Waals surface area contributed by atoms with Gasteiger partial charge in [0.15, 0.2) is 0 Å². The van der Waals surface area contributed by atoms with E-state index < -0.39 is 0 Å². The fourth-order valence-electron chi connectivity index (χ4n) is 4.16. The summed E-state index contributed by atoms with van der Waals surface area (Å²) < 4.78 is 14.8. The van der Waals surface area contributed by atoms with E-state index in [4.69, 9.17) is 9.97 Å². The van der Waals surface area contributed by atoms with E-state index in [1.807, 2.05) is 30.3 Å². The van der Waals surface area contributed by atoms with Crippen molar-refractivity contribution in [3.05, 3.63) is 83.2 Å². The van der Waals surface area contributed by atoms with Gasteiger partial charge < -0.3 is 10.6 Å². The Kier molecular flexibility index (Phi) is 6.41. The molecule has 33 heavy (non-hydrogen) atoms. The Labute approximate surface area is 197 Å². The Morgan fingerprint density at radius 3 is 2.55 bits per heavy atom. The minimum atomic E-state index is -0.272. The molecule has 0 saturated carbocycles. The summed E-state index contributed by atoms with van der Waals surface area (Å²) in [5.74, 6) is 0.652. The second kappa shape index (κ2) is 9.77. The van der Waals surface area contributed by atoms with Gasteiger partial charge in [0.2, 0.25) is 5.95 Å². The molecule has 0 unspecified atom stereocenters. The smallest absolute Gasteiger partial charge is 0.223 e. The zero-order chi connectivity index (χ0) is 22.6. The van der Waals surface area contributed by atoms with Crippen molar-refractivity contribution in [3.8, 4) is 21.8 Å². The maximum Gasteiger partial charge on any atom is 0.223 e. The lowest BCUT2D eigenvalue weighted by Crippen LogP contribution is -2.26. The third-order valence-corrected chi connectivity index (χ3v) is 7.23. The standard InChI is InChI=1S/C26H26FN5S/c1-17(18-7-3-2-4-8-18)30-26-29-16-13-22(31-26)24-23(20-9-5-6-10-21(20)27)32-25(33-24)19-11-14-28-15-12-19/h2-10,13,16-17,19,28H,11-12,14-15H2,1H3,(H,29,30,31)/t17-/m0/s1. The highest BCUT2D eigenvalue weighted by atomic mass is 32.1. The van der Waals surface area contributed by atoms with Crippen LogP contribution < -0.4 is 10.6 Å². The summed E-state index contributed by atoms with van der Waals surface area (Å²) >= 11 is 1.62. The van der Waals surface area contributed by atoms with Crippen molar-refractivity contribution >= 4 is 17.3 Å². The number of piperidine rings is 1. The van der Waals surface area contributed by atoms with E-state index in [0.717, 1.165) is 47.1 Å². The predicted molar refractivity (Wildman–Crippen MR) is 132 cm³/mol. The minimum Gasteiger partial charge on any atom is -0.348 e. The summed E-state index contributed by atoms with van der Waals surface area (Å²) in [4.78, 5) is 15.1. The molecular formula is C26H26FN5S. The maximum atomic E-state index is 14.8. The summed E-state index contributed by atoms with van der Waals surface area (Å²) in [6.07, 6.45) is 3.82. The SMILES string of the molecule is C[C@H](Nc1nccc(-c2sc(C3CCNCC3)nc2-c2ccccc2F)n1)c1ccccc1. The van der Waals surface area contributed by atoms with Crippen LogP contribution in [0.2, 0.25) is 0 Å². The van der Waals surface area contributed by atoms with Gasteiger partial charge in [0.05, 0.1) is 27.3 Å². The van der Waals surface area contributed by atoms with Crippen molar-refractivity contribution in [2.24, 2.45) is 0 Å². The van der Waals surface area contributed by atoms with E-state index in [9.17, 15) is 4.39 Å². The van der Waals surface area contributed by atoms with Crippen LogP contribution in [0.4, 0.5) is 10.3 Å². The molecule has 1 aliphatic heterocycles. The van der Waals surface area contributed by atoms with Crippen molar-refractivity contribution in [1.82, 2.24) is 20.3 Å². The molecule has 1 aliphatic rings. The summed E-state index contributed by atoms with van der Waals surface area (Å²) in [5.41, 5.74) is 3.08. The topological polar surface area (TPSA) is 62.7 Å². The third kappa shape index (κ3) is 4.79. The van der Waals surface area contributed by atoms with E-state index in [0.29, 0.717) is 23.1 Å². The van der Waals surface area contributed by atoms with Gasteiger partial charge in [-0.15, -0.1) is 11.3 Å². The average molecular weight is 460 g/mol. The molecule has 0 aliphatic carbocycles. The van der Waals surface area contributed by atoms with Crippen molar-refractivity contribution in [2.75, 3.05) is 18.4 Å². The number of nitrogens with zero attached hydrogens (tertiary/aromatic N) is 3. The number of anilines is 1. The first-order chi connectivity index (χ1) is 16.2. The molecule has 1 fully saturated rings. The largest absolute Gasteiger partial charge is 0.348 e. The zero-order valence-corrected chi connectivity index (χ0v) is 19.3. The third-order valence-electron chi connectivity index (χ3n) is 5.99. The Balaban J connectivity index is 1.52. The van der Waals surface area contributed by atoms with Crippen LogP contribution in [0.1, 0.15) is 42.3 Å². The molecule has 2 N–H and O–H groups in total. The first kappa shape index (κ1) is 21.7. The van der Waals surface area contributed by atoms with Gasteiger partial charge in [-0.2, -0.15) is 0 Å². The number of nitrogens with one attached hydrogen (secondary N) is 2. The van der Waals surface area contributed by atoms with E-state index in [1.54, 1.807) is 29.7 Å². The van der Waals surface area contributed by atoms with Crippen LogP contribution in [-0.2, 0) is 0 Å². The first-order valence-electron chi connectivity index (χ1n) is 11.3. The molecule has 168 valence electrons. The van der Waals surface area contributed by atoms with Gasteiger partial charge in [-0.05, 0) is 56.6 Å². The number of benzene rings is 2. The number of rotatable bonds is 6. The lowest BCUT2D eigenvalue weighted by Gasteiger charge is -2.20. The van der Waals surface area contributed by atoms with Gasteiger partial charge in [-0.25, -0.2) is 19.3 Å². The Morgan fingerprint density at radius 2 is 1.76 bits per heavy atom. The number of thiazole rings is 1. The molecule has 2 aromatic heterocycles. The van der Waals surface area contributed by atoms with Crippen molar-refractivity contribution in [1.29, 1.82) is 0 Å². The van der Waals surface area contributed by atoms with E-state index >= 15 is 0 Å². The van der Waals surface area contributed by atoms with Gasteiger partial charge in [-0.3, -0.25) is 0 Å². The molecule has 0 amide bonds. The maximum absolute atomic E-state index is 14.8. The molecule has 0 spiro atoms. The molecule has 5 nitrogen and oxygen atoms in total. The highest BCUT2D eigenvalue weighted by molar-refractivity contribution is 7.15.